The highest BCUT2D eigenvalue weighted by atomic mass is 32.2. The van der Waals surface area contributed by atoms with Gasteiger partial charge in [0.15, 0.2) is 0 Å². The summed E-state index contributed by atoms with van der Waals surface area (Å²) < 4.78 is 0. The van der Waals surface area contributed by atoms with Gasteiger partial charge >= 0.3 is 0 Å². The molecule has 1 saturated heterocycles. The fraction of sp³-hybridized carbons (Fsp3) is 0.400. The van der Waals surface area contributed by atoms with Crippen LogP contribution in [0.25, 0.3) is 0 Å². The van der Waals surface area contributed by atoms with Crippen LogP contribution in [0.2, 0.25) is 0 Å². The lowest BCUT2D eigenvalue weighted by atomic mass is 10.3. The largest absolute Gasteiger partial charge is 0.283 e. The number of hydrogen-bond acceptors (Lipinski definition) is 5. The number of carbonyl (C=O) groups excluding carboxylic acids is 1. The third-order valence-electron chi connectivity index (χ3n) is 2.07. The van der Waals surface area contributed by atoms with Gasteiger partial charge in [0.1, 0.15) is 0 Å². The lowest BCUT2D eigenvalue weighted by Crippen LogP contribution is -2.41. The van der Waals surface area contributed by atoms with Gasteiger partial charge in [-0.25, -0.2) is 5.01 Å². The molecule has 1 N–H and O–H groups in total. The van der Waals surface area contributed by atoms with Gasteiger partial charge in [-0.3, -0.25) is 15.2 Å². The molecule has 0 bridgehead atoms. The van der Waals surface area contributed by atoms with E-state index < -0.39 is 0 Å². The molecule has 1 aliphatic heterocycles. The first-order valence-electron chi connectivity index (χ1n) is 4.98. The smallest absolute Gasteiger partial charge is 0.265 e. The van der Waals surface area contributed by atoms with E-state index in [1.807, 2.05) is 28.5 Å². The number of nitrogens with one attached hydrogen (secondary N) is 1. The van der Waals surface area contributed by atoms with Crippen LogP contribution in [0.15, 0.2) is 24.5 Å². The van der Waals surface area contributed by atoms with E-state index in [9.17, 15) is 4.79 Å². The first kappa shape index (κ1) is 11.8. The van der Waals surface area contributed by atoms with E-state index in [0.29, 0.717) is 5.56 Å². The molecule has 0 aliphatic carbocycles. The summed E-state index contributed by atoms with van der Waals surface area (Å²) in [5.41, 5.74) is 3.55. The Balaban J connectivity index is 1.91. The summed E-state index contributed by atoms with van der Waals surface area (Å²) in [4.78, 5) is 15.7. The van der Waals surface area contributed by atoms with Crippen LogP contribution in [-0.2, 0) is 0 Å². The number of nitrogens with zero attached hydrogens (tertiary/aromatic N) is 2. The minimum absolute atomic E-state index is 0.0644. The lowest BCUT2D eigenvalue weighted by molar-refractivity contribution is 0.0844. The Hall–Kier alpha value is -0.720. The summed E-state index contributed by atoms with van der Waals surface area (Å²) in [5, 5.41) is 1.95. The van der Waals surface area contributed by atoms with Crippen molar-refractivity contribution >= 4 is 29.4 Å². The number of hydrazine groups is 1. The normalized spacial score (nSPS) is 17.8. The zero-order valence-corrected chi connectivity index (χ0v) is 10.4. The minimum atomic E-state index is -0.0644. The first-order valence-corrected chi connectivity index (χ1v) is 7.28. The van der Waals surface area contributed by atoms with E-state index in [0.717, 1.165) is 23.3 Å². The highest BCUT2D eigenvalue weighted by molar-refractivity contribution is 8.03. The molecule has 0 radical (unpaired) electrons. The second-order valence-electron chi connectivity index (χ2n) is 3.29. The molecule has 1 fully saturated rings. The second-order valence-corrected chi connectivity index (χ2v) is 5.44. The summed E-state index contributed by atoms with van der Waals surface area (Å²) in [7, 11) is 0. The predicted molar refractivity (Wildman–Crippen MR) is 68.2 cm³/mol. The van der Waals surface area contributed by atoms with Crippen LogP contribution in [-0.4, -0.2) is 39.2 Å². The standard InChI is InChI=1S/C10H13N3OS2/c14-10(9-1-3-11-4-2-9)12-13-7-15-5-6-16-8-13/h1-4H,5-8H2,(H,12,14). The second kappa shape index (κ2) is 6.12. The maximum absolute atomic E-state index is 11.8. The van der Waals surface area contributed by atoms with Gasteiger partial charge in [-0.05, 0) is 12.1 Å². The third kappa shape index (κ3) is 3.40. The van der Waals surface area contributed by atoms with Crippen molar-refractivity contribution in [3.63, 3.8) is 0 Å². The monoisotopic (exact) mass is 255 g/mol. The summed E-state index contributed by atoms with van der Waals surface area (Å²) in [6.45, 7) is 0. The van der Waals surface area contributed by atoms with Gasteiger partial charge in [0.2, 0.25) is 0 Å². The fourth-order valence-electron chi connectivity index (χ4n) is 1.28. The van der Waals surface area contributed by atoms with Crippen molar-refractivity contribution in [1.82, 2.24) is 15.4 Å². The van der Waals surface area contributed by atoms with Crippen LogP contribution in [0.1, 0.15) is 10.4 Å². The topological polar surface area (TPSA) is 45.2 Å². The maximum Gasteiger partial charge on any atom is 0.265 e. The van der Waals surface area contributed by atoms with Crippen LogP contribution in [0, 0.1) is 0 Å². The minimum Gasteiger partial charge on any atom is -0.283 e. The number of amides is 1. The molecule has 1 aliphatic rings. The summed E-state index contributed by atoms with van der Waals surface area (Å²) >= 11 is 3.68. The van der Waals surface area contributed by atoms with Gasteiger partial charge in [0.25, 0.3) is 5.91 Å². The van der Waals surface area contributed by atoms with E-state index in [1.54, 1.807) is 24.5 Å². The summed E-state index contributed by atoms with van der Waals surface area (Å²) in [5.74, 6) is 3.93. The highest BCUT2D eigenvalue weighted by Gasteiger charge is 2.13. The molecule has 4 nitrogen and oxygen atoms in total. The quantitative estimate of drug-likeness (QED) is 0.866. The molecule has 0 aromatic carbocycles. The van der Waals surface area contributed by atoms with Gasteiger partial charge in [-0.15, -0.1) is 23.5 Å². The highest BCUT2D eigenvalue weighted by Crippen LogP contribution is 2.15. The van der Waals surface area contributed by atoms with Crippen molar-refractivity contribution in [2.45, 2.75) is 0 Å². The number of carbonyl (C=O) groups is 1. The van der Waals surface area contributed by atoms with Crippen molar-refractivity contribution in [2.24, 2.45) is 0 Å². The average molecular weight is 255 g/mol. The van der Waals surface area contributed by atoms with E-state index in [4.69, 9.17) is 0 Å². The van der Waals surface area contributed by atoms with Crippen molar-refractivity contribution in [3.8, 4) is 0 Å². The number of pyridine rings is 1. The Kier molecular flexibility index (Phi) is 4.50. The van der Waals surface area contributed by atoms with E-state index in [-0.39, 0.29) is 5.91 Å². The molecular formula is C10H13N3OS2. The summed E-state index contributed by atoms with van der Waals surface area (Å²) in [6, 6.07) is 3.43. The molecule has 0 unspecified atom stereocenters. The number of aromatic nitrogens is 1. The fourth-order valence-corrected chi connectivity index (χ4v) is 3.35. The van der Waals surface area contributed by atoms with Gasteiger partial charge < -0.3 is 0 Å². The summed E-state index contributed by atoms with van der Waals surface area (Å²) in [6.07, 6.45) is 3.25. The Bertz CT molecular complexity index is 339. The molecule has 2 rings (SSSR count). The van der Waals surface area contributed by atoms with Crippen LogP contribution < -0.4 is 5.43 Å². The SMILES string of the molecule is O=C(NN1CSCCSC1)c1ccncc1. The molecule has 1 aromatic heterocycles. The zero-order valence-electron chi connectivity index (χ0n) is 8.76. The molecule has 0 atom stereocenters. The molecule has 86 valence electrons. The third-order valence-corrected chi connectivity index (χ3v) is 4.30. The van der Waals surface area contributed by atoms with Crippen LogP contribution >= 0.6 is 23.5 Å². The van der Waals surface area contributed by atoms with Gasteiger partial charge in [-0.2, -0.15) is 0 Å². The molecular weight excluding hydrogens is 242 g/mol. The molecule has 0 saturated carbocycles. The first-order chi connectivity index (χ1) is 7.86. The van der Waals surface area contributed by atoms with Crippen molar-refractivity contribution in [3.05, 3.63) is 30.1 Å². The van der Waals surface area contributed by atoms with E-state index in [1.165, 1.54) is 0 Å². The maximum atomic E-state index is 11.8. The number of hydrogen-bond donors (Lipinski definition) is 1. The molecule has 1 aromatic rings. The average Bonchev–Trinajstić information content (AvgIpc) is 2.59. The van der Waals surface area contributed by atoms with Gasteiger partial charge in [-0.1, -0.05) is 0 Å². The van der Waals surface area contributed by atoms with Crippen LogP contribution in [0.4, 0.5) is 0 Å². The molecule has 6 heteroatoms. The van der Waals surface area contributed by atoms with Crippen molar-refractivity contribution < 1.29 is 4.79 Å². The number of thioether (sulfide) groups is 2. The lowest BCUT2D eigenvalue weighted by Gasteiger charge is -2.19. The predicted octanol–water partition coefficient (Wildman–Crippen LogP) is 1.42. The van der Waals surface area contributed by atoms with Gasteiger partial charge in [0, 0.05) is 29.5 Å². The number of rotatable bonds is 2. The van der Waals surface area contributed by atoms with Crippen LogP contribution in [0.5, 0.6) is 0 Å². The molecule has 0 spiro atoms. The molecule has 16 heavy (non-hydrogen) atoms. The Morgan fingerprint density at radius 2 is 1.88 bits per heavy atom. The Morgan fingerprint density at radius 1 is 1.25 bits per heavy atom. The van der Waals surface area contributed by atoms with Crippen molar-refractivity contribution in [1.29, 1.82) is 0 Å². The zero-order chi connectivity index (χ0) is 11.2. The van der Waals surface area contributed by atoms with Gasteiger partial charge in [0.05, 0.1) is 11.8 Å². The Morgan fingerprint density at radius 3 is 2.50 bits per heavy atom. The van der Waals surface area contributed by atoms with Crippen molar-refractivity contribution in [2.75, 3.05) is 23.3 Å². The van der Waals surface area contributed by atoms with Crippen LogP contribution in [0.3, 0.4) is 0 Å². The van der Waals surface area contributed by atoms with E-state index >= 15 is 0 Å². The molecule has 2 heterocycles. The molecule has 1 amide bonds. The Labute approximate surface area is 103 Å². The van der Waals surface area contributed by atoms with E-state index in [2.05, 4.69) is 10.4 Å².